The van der Waals surface area contributed by atoms with E-state index in [0.29, 0.717) is 31.6 Å². The molecule has 3 aromatic carbocycles. The lowest BCUT2D eigenvalue weighted by Crippen LogP contribution is -2.43. The van der Waals surface area contributed by atoms with Gasteiger partial charge in [0.15, 0.2) is 0 Å². The van der Waals surface area contributed by atoms with Gasteiger partial charge in [-0.1, -0.05) is 36.4 Å². The minimum atomic E-state index is -3.86. The number of carboxylic acid groups (broad SMARTS) is 1. The fraction of sp³-hybridized carbons (Fsp3) is 0.355. The highest BCUT2D eigenvalue weighted by Crippen LogP contribution is 2.30. The lowest BCUT2D eigenvalue weighted by molar-refractivity contribution is 0.0241. The van der Waals surface area contributed by atoms with E-state index in [-0.39, 0.29) is 18.0 Å². The van der Waals surface area contributed by atoms with Crippen LogP contribution in [0.2, 0.25) is 0 Å². The second kappa shape index (κ2) is 11.3. The monoisotopic (exact) mass is 592 g/mol. The van der Waals surface area contributed by atoms with Crippen LogP contribution in [0.1, 0.15) is 55.2 Å². The van der Waals surface area contributed by atoms with Crippen LogP contribution < -0.4 is 10.5 Å². The minimum Gasteiger partial charge on any atom is -0.477 e. The van der Waals surface area contributed by atoms with E-state index in [1.165, 1.54) is 4.90 Å². The Kier molecular flexibility index (Phi) is 7.91. The number of hydrogen-bond acceptors (Lipinski definition) is 6. The molecule has 0 radical (unpaired) electrons. The van der Waals surface area contributed by atoms with Gasteiger partial charge in [0.05, 0.1) is 11.8 Å². The first-order chi connectivity index (χ1) is 19.8. The molecule has 0 unspecified atom stereocenters. The Morgan fingerprint density at radius 1 is 1.07 bits per heavy atom. The SMILES string of the molecule is CC(C)(C)OC(=O)N1CCC[C@H]1CS(=O)(=O)Nc1cc(Cn2c(C(=O)O)cc3ccc(CN)cc32)c2ccccc2c1. The van der Waals surface area contributed by atoms with Gasteiger partial charge in [-0.05, 0) is 79.8 Å². The molecule has 2 heterocycles. The van der Waals surface area contributed by atoms with E-state index in [2.05, 4.69) is 4.72 Å². The minimum absolute atomic E-state index is 0.123. The van der Waals surface area contributed by atoms with E-state index in [1.54, 1.807) is 43.5 Å². The van der Waals surface area contributed by atoms with Gasteiger partial charge >= 0.3 is 12.1 Å². The summed E-state index contributed by atoms with van der Waals surface area (Å²) in [4.78, 5) is 26.4. The highest BCUT2D eigenvalue weighted by Gasteiger charge is 2.35. The summed E-state index contributed by atoms with van der Waals surface area (Å²) in [5.74, 6) is -1.32. The van der Waals surface area contributed by atoms with Crippen LogP contribution in [0.3, 0.4) is 0 Å². The number of rotatable bonds is 8. The number of amides is 1. The quantitative estimate of drug-likeness (QED) is 0.257. The van der Waals surface area contributed by atoms with Crippen LogP contribution in [-0.4, -0.2) is 59.0 Å². The van der Waals surface area contributed by atoms with Gasteiger partial charge in [-0.2, -0.15) is 0 Å². The molecule has 4 N–H and O–H groups in total. The van der Waals surface area contributed by atoms with Crippen molar-refractivity contribution in [2.45, 2.75) is 58.3 Å². The summed E-state index contributed by atoms with van der Waals surface area (Å²) in [6.07, 6.45) is 0.744. The van der Waals surface area contributed by atoms with Gasteiger partial charge in [0.2, 0.25) is 10.0 Å². The van der Waals surface area contributed by atoms with Crippen LogP contribution in [-0.2, 0) is 27.8 Å². The summed E-state index contributed by atoms with van der Waals surface area (Å²) in [5.41, 5.74) is 8.01. The number of benzene rings is 3. The van der Waals surface area contributed by atoms with Gasteiger partial charge in [0.1, 0.15) is 11.3 Å². The number of aromatic carboxylic acids is 1. The molecule has 0 aliphatic carbocycles. The van der Waals surface area contributed by atoms with Gasteiger partial charge in [-0.15, -0.1) is 0 Å². The van der Waals surface area contributed by atoms with Crippen molar-refractivity contribution in [3.8, 4) is 0 Å². The van der Waals surface area contributed by atoms with Crippen molar-refractivity contribution in [3.05, 3.63) is 77.5 Å². The number of nitrogens with one attached hydrogen (secondary N) is 1. The van der Waals surface area contributed by atoms with E-state index in [1.807, 2.05) is 42.5 Å². The van der Waals surface area contributed by atoms with Gasteiger partial charge in [-0.25, -0.2) is 18.0 Å². The number of carbonyl (C=O) groups excluding carboxylic acids is 1. The third kappa shape index (κ3) is 6.37. The Morgan fingerprint density at radius 3 is 2.55 bits per heavy atom. The molecule has 1 saturated heterocycles. The molecule has 1 aliphatic rings. The topological polar surface area (TPSA) is 144 Å². The summed E-state index contributed by atoms with van der Waals surface area (Å²) in [6.45, 7) is 6.29. The summed E-state index contributed by atoms with van der Waals surface area (Å²) in [7, 11) is -3.86. The molecular formula is C31H36N4O6S. The maximum atomic E-state index is 13.4. The number of nitrogens with two attached hydrogens (primary N) is 1. The van der Waals surface area contributed by atoms with Crippen molar-refractivity contribution < 1.29 is 27.9 Å². The average Bonchev–Trinajstić information content (AvgIpc) is 3.51. The van der Waals surface area contributed by atoms with E-state index in [9.17, 15) is 23.1 Å². The number of carbonyl (C=O) groups is 2. The Labute approximate surface area is 245 Å². The zero-order chi connectivity index (χ0) is 30.2. The van der Waals surface area contributed by atoms with E-state index in [4.69, 9.17) is 10.5 Å². The standard InChI is InChI=1S/C31H36N4O6S/c1-31(2,3)41-30(38)34-12-6-8-25(34)19-42(39,40)33-24-14-21-7-4-5-9-26(21)23(15-24)18-35-27-13-20(17-32)10-11-22(27)16-28(35)29(36)37/h4-5,7,9-11,13-16,25,33H,6,8,12,17-19,32H2,1-3H3,(H,36,37)/t25-/m0/s1. The number of ether oxygens (including phenoxy) is 1. The molecule has 1 aromatic heterocycles. The van der Waals surface area contributed by atoms with Gasteiger partial charge in [0, 0.05) is 36.2 Å². The first-order valence-electron chi connectivity index (χ1n) is 13.9. The predicted octanol–water partition coefficient (Wildman–Crippen LogP) is 5.14. The molecule has 5 rings (SSSR count). The molecule has 222 valence electrons. The highest BCUT2D eigenvalue weighted by atomic mass is 32.2. The second-order valence-corrected chi connectivity index (χ2v) is 13.5. The number of carboxylic acids is 1. The van der Waals surface area contributed by atoms with Crippen molar-refractivity contribution in [1.29, 1.82) is 0 Å². The first kappa shape index (κ1) is 29.4. The lowest BCUT2D eigenvalue weighted by Gasteiger charge is -2.28. The molecule has 1 atom stereocenters. The van der Waals surface area contributed by atoms with Crippen LogP contribution in [0.25, 0.3) is 21.7 Å². The Hall–Kier alpha value is -4.09. The van der Waals surface area contributed by atoms with Gasteiger partial charge in [-0.3, -0.25) is 4.72 Å². The third-order valence-corrected chi connectivity index (χ3v) is 8.76. The zero-order valence-corrected chi connectivity index (χ0v) is 24.8. The van der Waals surface area contributed by atoms with E-state index >= 15 is 0 Å². The van der Waals surface area contributed by atoms with E-state index < -0.39 is 33.7 Å². The maximum Gasteiger partial charge on any atom is 0.410 e. The summed E-state index contributed by atoms with van der Waals surface area (Å²) in [6, 6.07) is 17.8. The fourth-order valence-electron chi connectivity index (χ4n) is 5.57. The van der Waals surface area contributed by atoms with Gasteiger partial charge in [0.25, 0.3) is 0 Å². The van der Waals surface area contributed by atoms with Crippen molar-refractivity contribution >= 4 is 49.4 Å². The van der Waals surface area contributed by atoms with Crippen LogP contribution in [0.15, 0.2) is 60.7 Å². The molecule has 4 aromatic rings. The number of fused-ring (bicyclic) bond motifs is 2. The summed E-state index contributed by atoms with van der Waals surface area (Å²) in [5, 5.41) is 12.4. The molecule has 0 bridgehead atoms. The van der Waals surface area contributed by atoms with Crippen LogP contribution in [0.5, 0.6) is 0 Å². The largest absolute Gasteiger partial charge is 0.477 e. The number of sulfonamides is 1. The normalized spacial score (nSPS) is 15.8. The average molecular weight is 593 g/mol. The molecular weight excluding hydrogens is 556 g/mol. The first-order valence-corrected chi connectivity index (χ1v) is 15.6. The number of anilines is 1. The Morgan fingerprint density at radius 2 is 1.83 bits per heavy atom. The predicted molar refractivity (Wildman–Crippen MR) is 163 cm³/mol. The van der Waals surface area contributed by atoms with Crippen LogP contribution >= 0.6 is 0 Å². The molecule has 1 amide bonds. The second-order valence-electron chi connectivity index (χ2n) is 11.7. The smallest absolute Gasteiger partial charge is 0.410 e. The zero-order valence-electron chi connectivity index (χ0n) is 24.0. The number of aromatic nitrogens is 1. The summed E-state index contributed by atoms with van der Waals surface area (Å²) < 4.78 is 36.7. The number of likely N-dealkylation sites (tertiary alicyclic amines) is 1. The highest BCUT2D eigenvalue weighted by molar-refractivity contribution is 7.92. The fourth-order valence-corrected chi connectivity index (χ4v) is 6.98. The molecule has 42 heavy (non-hydrogen) atoms. The molecule has 10 nitrogen and oxygen atoms in total. The number of nitrogens with zero attached hydrogens (tertiary/aromatic N) is 2. The molecule has 11 heteroatoms. The van der Waals surface area contributed by atoms with Crippen molar-refractivity contribution in [1.82, 2.24) is 9.47 Å². The maximum absolute atomic E-state index is 13.4. The van der Waals surface area contributed by atoms with Crippen LogP contribution in [0.4, 0.5) is 10.5 Å². The lowest BCUT2D eigenvalue weighted by atomic mass is 10.0. The molecule has 1 fully saturated rings. The van der Waals surface area contributed by atoms with Crippen molar-refractivity contribution in [2.75, 3.05) is 17.0 Å². The van der Waals surface area contributed by atoms with Crippen molar-refractivity contribution in [2.24, 2.45) is 5.73 Å². The molecule has 1 aliphatic heterocycles. The third-order valence-electron chi connectivity index (χ3n) is 7.39. The molecule has 0 saturated carbocycles. The Bertz CT molecular complexity index is 1770. The molecule has 0 spiro atoms. The Balaban J connectivity index is 1.47. The van der Waals surface area contributed by atoms with E-state index in [0.717, 1.165) is 32.8 Å². The number of hydrogen-bond donors (Lipinski definition) is 3. The van der Waals surface area contributed by atoms with Gasteiger partial charge < -0.3 is 25.0 Å². The van der Waals surface area contributed by atoms with Crippen LogP contribution in [0, 0.1) is 0 Å². The summed E-state index contributed by atoms with van der Waals surface area (Å²) >= 11 is 0. The van der Waals surface area contributed by atoms with Crippen molar-refractivity contribution in [3.63, 3.8) is 0 Å².